The monoisotopic (exact) mass is 351 g/mol. The Labute approximate surface area is 149 Å². The quantitative estimate of drug-likeness (QED) is 0.789. The van der Waals surface area contributed by atoms with E-state index in [1.807, 2.05) is 38.6 Å². The summed E-state index contributed by atoms with van der Waals surface area (Å²) in [6.45, 7) is 6.56. The number of hydrogen-bond acceptors (Lipinski definition) is 4. The van der Waals surface area contributed by atoms with Gasteiger partial charge in [0.1, 0.15) is 5.60 Å². The van der Waals surface area contributed by atoms with Crippen LogP contribution in [0.3, 0.4) is 0 Å². The van der Waals surface area contributed by atoms with Crippen molar-refractivity contribution in [1.82, 2.24) is 4.90 Å². The molecule has 0 aromatic heterocycles. The number of nitrogens with zero attached hydrogens (tertiary/aromatic N) is 1. The summed E-state index contributed by atoms with van der Waals surface area (Å²) in [6, 6.07) is 10.5. The van der Waals surface area contributed by atoms with Crippen LogP contribution in [0.25, 0.3) is 0 Å². The number of aliphatic hydroxyl groups is 1. The fourth-order valence-corrected chi connectivity index (χ4v) is 3.77. The molecule has 0 aliphatic carbocycles. The first-order valence-corrected chi connectivity index (χ1v) is 9.78. The molecule has 0 bridgehead atoms. The minimum Gasteiger partial charge on any atom is -0.444 e. The molecular weight excluding hydrogens is 322 g/mol. The molecule has 1 aliphatic heterocycles. The van der Waals surface area contributed by atoms with Gasteiger partial charge in [-0.05, 0) is 44.9 Å². The highest BCUT2D eigenvalue weighted by molar-refractivity contribution is 7.98. The predicted molar refractivity (Wildman–Crippen MR) is 99.1 cm³/mol. The fraction of sp³-hybridized carbons (Fsp3) is 0.632. The average Bonchev–Trinajstić information content (AvgIpc) is 2.88. The zero-order valence-corrected chi connectivity index (χ0v) is 15.7. The van der Waals surface area contributed by atoms with Gasteiger partial charge in [-0.3, -0.25) is 0 Å². The Morgan fingerprint density at radius 2 is 2.00 bits per heavy atom. The minimum absolute atomic E-state index is 0.162. The van der Waals surface area contributed by atoms with Crippen LogP contribution in [0, 0.1) is 5.92 Å². The van der Waals surface area contributed by atoms with E-state index in [1.54, 1.807) is 4.90 Å². The molecule has 1 heterocycles. The summed E-state index contributed by atoms with van der Waals surface area (Å²) >= 11 is 1.92. The van der Waals surface area contributed by atoms with Crippen molar-refractivity contribution in [2.75, 3.05) is 18.8 Å². The Morgan fingerprint density at radius 1 is 1.29 bits per heavy atom. The van der Waals surface area contributed by atoms with E-state index in [-0.39, 0.29) is 12.0 Å². The summed E-state index contributed by atoms with van der Waals surface area (Å²) in [5.74, 6) is 2.26. The highest BCUT2D eigenvalue weighted by Gasteiger charge is 2.35. The number of ether oxygens (including phenoxy) is 1. The van der Waals surface area contributed by atoms with Crippen molar-refractivity contribution < 1.29 is 14.6 Å². The maximum Gasteiger partial charge on any atom is 0.410 e. The first kappa shape index (κ1) is 19.1. The van der Waals surface area contributed by atoms with Crippen LogP contribution in [0.2, 0.25) is 0 Å². The van der Waals surface area contributed by atoms with Crippen molar-refractivity contribution in [3.05, 3.63) is 35.9 Å². The Bertz CT molecular complexity index is 515. The van der Waals surface area contributed by atoms with Crippen LogP contribution in [-0.4, -0.2) is 46.6 Å². The van der Waals surface area contributed by atoms with Gasteiger partial charge in [0.2, 0.25) is 0 Å². The van der Waals surface area contributed by atoms with Gasteiger partial charge in [-0.1, -0.05) is 30.3 Å². The van der Waals surface area contributed by atoms with Crippen molar-refractivity contribution in [1.29, 1.82) is 0 Å². The van der Waals surface area contributed by atoms with E-state index in [4.69, 9.17) is 4.74 Å². The van der Waals surface area contributed by atoms with Gasteiger partial charge in [0.25, 0.3) is 0 Å². The normalized spacial score (nSPS) is 21.1. The summed E-state index contributed by atoms with van der Waals surface area (Å²) in [7, 11) is 0. The van der Waals surface area contributed by atoms with Crippen LogP contribution in [0.15, 0.2) is 30.3 Å². The average molecular weight is 352 g/mol. The summed E-state index contributed by atoms with van der Waals surface area (Å²) in [6.07, 6.45) is 1.25. The molecule has 1 N–H and O–H groups in total. The first-order chi connectivity index (χ1) is 11.3. The predicted octanol–water partition coefficient (Wildman–Crippen LogP) is 3.93. The molecule has 0 saturated carbocycles. The van der Waals surface area contributed by atoms with Crippen molar-refractivity contribution in [2.24, 2.45) is 5.92 Å². The SMILES string of the molecule is CC(C)(C)OC(=O)N1C[C@H](CCCSCc2ccccc2)[C@@H](O)C1. The molecule has 24 heavy (non-hydrogen) atoms. The van der Waals surface area contributed by atoms with Crippen molar-refractivity contribution >= 4 is 17.9 Å². The lowest BCUT2D eigenvalue weighted by molar-refractivity contribution is 0.0269. The van der Waals surface area contributed by atoms with Gasteiger partial charge in [0.05, 0.1) is 12.6 Å². The lowest BCUT2D eigenvalue weighted by Gasteiger charge is -2.24. The molecule has 0 spiro atoms. The van der Waals surface area contributed by atoms with Gasteiger partial charge < -0.3 is 14.7 Å². The van der Waals surface area contributed by atoms with Crippen molar-refractivity contribution in [3.63, 3.8) is 0 Å². The van der Waals surface area contributed by atoms with Crippen molar-refractivity contribution in [2.45, 2.75) is 51.1 Å². The molecule has 1 saturated heterocycles. The van der Waals surface area contributed by atoms with E-state index in [0.29, 0.717) is 13.1 Å². The lowest BCUT2D eigenvalue weighted by Crippen LogP contribution is -2.35. The second-order valence-corrected chi connectivity index (χ2v) is 8.50. The smallest absolute Gasteiger partial charge is 0.410 e. The summed E-state index contributed by atoms with van der Waals surface area (Å²) in [4.78, 5) is 13.7. The summed E-state index contributed by atoms with van der Waals surface area (Å²) in [5.41, 5.74) is 0.855. The van der Waals surface area contributed by atoms with Crippen LogP contribution in [0.1, 0.15) is 39.2 Å². The highest BCUT2D eigenvalue weighted by Crippen LogP contribution is 2.25. The van der Waals surface area contributed by atoms with Crippen LogP contribution >= 0.6 is 11.8 Å². The van der Waals surface area contributed by atoms with E-state index < -0.39 is 11.7 Å². The number of rotatable bonds is 6. The molecule has 1 amide bonds. The molecule has 0 unspecified atom stereocenters. The molecule has 1 fully saturated rings. The molecule has 5 heteroatoms. The maximum atomic E-state index is 12.1. The van der Waals surface area contributed by atoms with E-state index in [2.05, 4.69) is 24.3 Å². The topological polar surface area (TPSA) is 49.8 Å². The number of amides is 1. The Morgan fingerprint density at radius 3 is 2.67 bits per heavy atom. The highest BCUT2D eigenvalue weighted by atomic mass is 32.2. The number of thioether (sulfide) groups is 1. The number of hydrogen-bond donors (Lipinski definition) is 1. The zero-order chi connectivity index (χ0) is 17.6. The number of aliphatic hydroxyl groups excluding tert-OH is 1. The van der Waals surface area contributed by atoms with Gasteiger partial charge in [-0.25, -0.2) is 4.79 Å². The third kappa shape index (κ3) is 6.36. The lowest BCUT2D eigenvalue weighted by atomic mass is 10.0. The van der Waals surface area contributed by atoms with E-state index in [0.717, 1.165) is 24.3 Å². The number of likely N-dealkylation sites (tertiary alicyclic amines) is 1. The Hall–Kier alpha value is -1.20. The van der Waals surface area contributed by atoms with Crippen LogP contribution in [0.5, 0.6) is 0 Å². The van der Waals surface area contributed by atoms with Gasteiger partial charge in [0, 0.05) is 18.2 Å². The molecular formula is C19H29NO3S. The molecule has 2 atom stereocenters. The van der Waals surface area contributed by atoms with E-state index in [1.165, 1.54) is 5.56 Å². The fourth-order valence-electron chi connectivity index (χ4n) is 2.83. The summed E-state index contributed by atoms with van der Waals surface area (Å²) < 4.78 is 5.38. The molecule has 134 valence electrons. The van der Waals surface area contributed by atoms with Crippen LogP contribution in [-0.2, 0) is 10.5 Å². The summed E-state index contributed by atoms with van der Waals surface area (Å²) in [5, 5.41) is 10.2. The van der Waals surface area contributed by atoms with Gasteiger partial charge in [-0.15, -0.1) is 0 Å². The molecule has 1 aromatic carbocycles. The van der Waals surface area contributed by atoms with Crippen LogP contribution in [0.4, 0.5) is 4.79 Å². The molecule has 2 rings (SSSR count). The Kier molecular flexibility index (Phi) is 6.99. The number of benzene rings is 1. The number of carbonyl (C=O) groups is 1. The van der Waals surface area contributed by atoms with Gasteiger partial charge in [0.15, 0.2) is 0 Å². The first-order valence-electron chi connectivity index (χ1n) is 8.63. The second kappa shape index (κ2) is 8.77. The number of carbonyl (C=O) groups excluding carboxylic acids is 1. The minimum atomic E-state index is -0.492. The van der Waals surface area contributed by atoms with Crippen molar-refractivity contribution in [3.8, 4) is 0 Å². The molecule has 4 nitrogen and oxygen atoms in total. The maximum absolute atomic E-state index is 12.1. The number of β-amino-alcohol motifs (C(OH)–C–C–N with tert-alkyl or cyclic N) is 1. The van der Waals surface area contributed by atoms with Gasteiger partial charge >= 0.3 is 6.09 Å². The molecule has 1 aliphatic rings. The largest absolute Gasteiger partial charge is 0.444 e. The van der Waals surface area contributed by atoms with Crippen LogP contribution < -0.4 is 0 Å². The van der Waals surface area contributed by atoms with E-state index in [9.17, 15) is 9.90 Å². The standard InChI is InChI=1S/C19H29NO3S/c1-19(2,3)23-18(22)20-12-16(17(21)13-20)10-7-11-24-14-15-8-5-4-6-9-15/h4-6,8-9,16-17,21H,7,10-14H2,1-3H3/t16-,17-/m0/s1. The zero-order valence-electron chi connectivity index (χ0n) is 14.9. The second-order valence-electron chi connectivity index (χ2n) is 7.39. The third-order valence-corrected chi connectivity index (χ3v) is 5.15. The Balaban J connectivity index is 1.65. The molecule has 0 radical (unpaired) electrons. The third-order valence-electron chi connectivity index (χ3n) is 4.03. The molecule has 1 aromatic rings. The van der Waals surface area contributed by atoms with Gasteiger partial charge in [-0.2, -0.15) is 11.8 Å². The van der Waals surface area contributed by atoms with E-state index >= 15 is 0 Å².